The van der Waals surface area contributed by atoms with E-state index in [4.69, 9.17) is 11.6 Å². The number of nitrogens with one attached hydrogen (secondary N) is 1. The molecule has 0 amide bonds. The third-order valence-corrected chi connectivity index (χ3v) is 4.43. The lowest BCUT2D eigenvalue weighted by molar-refractivity contribution is 0.482. The molecule has 1 aromatic heterocycles. The minimum atomic E-state index is 0.511. The van der Waals surface area contributed by atoms with Crippen molar-refractivity contribution in [1.82, 2.24) is 4.98 Å². The van der Waals surface area contributed by atoms with E-state index in [1.54, 1.807) is 6.20 Å². The molecule has 1 N–H and O–H groups in total. The topological polar surface area (TPSA) is 24.9 Å². The molecular formula is C12H16BrClN2. The van der Waals surface area contributed by atoms with E-state index in [0.717, 1.165) is 16.1 Å². The molecule has 1 fully saturated rings. The monoisotopic (exact) mass is 302 g/mol. The zero-order chi connectivity index (χ0) is 11.5. The summed E-state index contributed by atoms with van der Waals surface area (Å²) in [6.07, 6.45) is 7.23. The molecule has 1 unspecified atom stereocenters. The van der Waals surface area contributed by atoms with E-state index in [1.807, 2.05) is 6.07 Å². The Balaban J connectivity index is 1.99. The Morgan fingerprint density at radius 2 is 2.19 bits per heavy atom. The molecule has 0 bridgehead atoms. The van der Waals surface area contributed by atoms with Gasteiger partial charge in [-0.05, 0) is 47.7 Å². The van der Waals surface area contributed by atoms with E-state index in [2.05, 4.69) is 33.2 Å². The molecule has 2 nitrogen and oxygen atoms in total. The summed E-state index contributed by atoms with van der Waals surface area (Å²) in [5.41, 5.74) is 1.04. The zero-order valence-corrected chi connectivity index (χ0v) is 11.7. The summed E-state index contributed by atoms with van der Waals surface area (Å²) in [5.74, 6) is 0.800. The van der Waals surface area contributed by atoms with E-state index in [9.17, 15) is 0 Å². The van der Waals surface area contributed by atoms with Crippen molar-refractivity contribution in [2.45, 2.75) is 38.6 Å². The maximum atomic E-state index is 5.86. The summed E-state index contributed by atoms with van der Waals surface area (Å²) in [7, 11) is 0. The normalized spacial score (nSPS) is 18.7. The number of hydrogen-bond donors (Lipinski definition) is 1. The number of nitrogens with zero attached hydrogens (tertiary/aromatic N) is 1. The molecule has 16 heavy (non-hydrogen) atoms. The minimum absolute atomic E-state index is 0.511. The summed E-state index contributed by atoms with van der Waals surface area (Å²) in [4.78, 5) is 4.11. The van der Waals surface area contributed by atoms with Gasteiger partial charge in [-0.3, -0.25) is 0 Å². The standard InChI is InChI=1S/C12H16BrClN2/c1-8(9-4-2-3-5-9)16-10-6-11(13)12(14)15-7-10/h6-9,16H,2-5H2,1H3. The summed E-state index contributed by atoms with van der Waals surface area (Å²) < 4.78 is 0.845. The van der Waals surface area contributed by atoms with E-state index in [1.165, 1.54) is 25.7 Å². The predicted octanol–water partition coefficient (Wildman–Crippen LogP) is 4.49. The highest BCUT2D eigenvalue weighted by Crippen LogP contribution is 2.30. The van der Waals surface area contributed by atoms with Gasteiger partial charge in [0.15, 0.2) is 0 Å². The van der Waals surface area contributed by atoms with Crippen molar-refractivity contribution in [3.05, 3.63) is 21.9 Å². The molecular weight excluding hydrogens is 288 g/mol. The van der Waals surface area contributed by atoms with Gasteiger partial charge in [0.2, 0.25) is 0 Å². The second kappa shape index (κ2) is 5.37. The first-order chi connectivity index (χ1) is 7.66. The fraction of sp³-hybridized carbons (Fsp3) is 0.583. The molecule has 1 saturated carbocycles. The predicted molar refractivity (Wildman–Crippen MR) is 72.0 cm³/mol. The largest absolute Gasteiger partial charge is 0.381 e. The van der Waals surface area contributed by atoms with Crippen LogP contribution in [0.4, 0.5) is 5.69 Å². The van der Waals surface area contributed by atoms with Gasteiger partial charge < -0.3 is 5.32 Å². The first-order valence-electron chi connectivity index (χ1n) is 5.74. The molecule has 1 aliphatic carbocycles. The van der Waals surface area contributed by atoms with Crippen molar-refractivity contribution in [2.75, 3.05) is 5.32 Å². The highest BCUT2D eigenvalue weighted by Gasteiger charge is 2.21. The van der Waals surface area contributed by atoms with Gasteiger partial charge in [0.25, 0.3) is 0 Å². The van der Waals surface area contributed by atoms with Crippen LogP contribution in [0.3, 0.4) is 0 Å². The average molecular weight is 304 g/mol. The van der Waals surface area contributed by atoms with Crippen LogP contribution in [0.15, 0.2) is 16.7 Å². The Hall–Kier alpha value is -0.280. The number of aromatic nitrogens is 1. The minimum Gasteiger partial charge on any atom is -0.381 e. The molecule has 1 aromatic rings. The van der Waals surface area contributed by atoms with Gasteiger partial charge in [-0.2, -0.15) is 0 Å². The van der Waals surface area contributed by atoms with Crippen molar-refractivity contribution >= 4 is 33.2 Å². The Bertz CT molecular complexity index is 364. The van der Waals surface area contributed by atoms with Crippen LogP contribution in [0, 0.1) is 5.92 Å². The van der Waals surface area contributed by atoms with E-state index in [-0.39, 0.29) is 0 Å². The highest BCUT2D eigenvalue weighted by molar-refractivity contribution is 9.10. The number of halogens is 2. The molecule has 0 aromatic carbocycles. The van der Waals surface area contributed by atoms with Crippen molar-refractivity contribution < 1.29 is 0 Å². The van der Waals surface area contributed by atoms with Crippen molar-refractivity contribution in [3.8, 4) is 0 Å². The molecule has 1 aliphatic rings. The van der Waals surface area contributed by atoms with E-state index < -0.39 is 0 Å². The van der Waals surface area contributed by atoms with Crippen LogP contribution in [0.25, 0.3) is 0 Å². The van der Waals surface area contributed by atoms with Gasteiger partial charge in [0, 0.05) is 6.04 Å². The van der Waals surface area contributed by atoms with Gasteiger partial charge in [-0.25, -0.2) is 4.98 Å². The molecule has 0 radical (unpaired) electrons. The lowest BCUT2D eigenvalue weighted by Crippen LogP contribution is -2.23. The first-order valence-corrected chi connectivity index (χ1v) is 6.91. The third-order valence-electron chi connectivity index (χ3n) is 3.30. The molecule has 0 aliphatic heterocycles. The van der Waals surface area contributed by atoms with Gasteiger partial charge >= 0.3 is 0 Å². The van der Waals surface area contributed by atoms with Crippen LogP contribution in [0.1, 0.15) is 32.6 Å². The number of pyridine rings is 1. The van der Waals surface area contributed by atoms with Crippen molar-refractivity contribution in [2.24, 2.45) is 5.92 Å². The quantitative estimate of drug-likeness (QED) is 0.832. The maximum Gasteiger partial charge on any atom is 0.143 e. The first kappa shape index (κ1) is 12.2. The smallest absolute Gasteiger partial charge is 0.143 e. The number of hydrogen-bond acceptors (Lipinski definition) is 2. The van der Waals surface area contributed by atoms with E-state index >= 15 is 0 Å². The summed E-state index contributed by atoms with van der Waals surface area (Å²) in [6.45, 7) is 2.25. The van der Waals surface area contributed by atoms with Crippen LogP contribution in [0.5, 0.6) is 0 Å². The van der Waals surface area contributed by atoms with Crippen LogP contribution >= 0.6 is 27.5 Å². The molecule has 2 rings (SSSR count). The molecule has 1 atom stereocenters. The SMILES string of the molecule is CC(Nc1cnc(Cl)c(Br)c1)C1CCCC1. The lowest BCUT2D eigenvalue weighted by Gasteiger charge is -2.21. The van der Waals surface area contributed by atoms with Gasteiger partial charge in [-0.1, -0.05) is 24.4 Å². The van der Waals surface area contributed by atoms with Crippen LogP contribution in [0.2, 0.25) is 5.15 Å². The second-order valence-electron chi connectivity index (χ2n) is 4.47. The Morgan fingerprint density at radius 1 is 1.50 bits per heavy atom. The highest BCUT2D eigenvalue weighted by atomic mass is 79.9. The molecule has 0 spiro atoms. The second-order valence-corrected chi connectivity index (χ2v) is 5.69. The fourth-order valence-corrected chi connectivity index (χ4v) is 2.79. The Labute approximate surface area is 110 Å². The van der Waals surface area contributed by atoms with Gasteiger partial charge in [0.1, 0.15) is 5.15 Å². The molecule has 4 heteroatoms. The lowest BCUT2D eigenvalue weighted by atomic mass is 10.00. The number of rotatable bonds is 3. The Morgan fingerprint density at radius 3 is 2.81 bits per heavy atom. The average Bonchev–Trinajstić information content (AvgIpc) is 2.77. The zero-order valence-electron chi connectivity index (χ0n) is 9.34. The van der Waals surface area contributed by atoms with Crippen LogP contribution < -0.4 is 5.32 Å². The van der Waals surface area contributed by atoms with Crippen molar-refractivity contribution in [3.63, 3.8) is 0 Å². The summed E-state index contributed by atoms with van der Waals surface area (Å²) >= 11 is 9.24. The van der Waals surface area contributed by atoms with Crippen molar-refractivity contribution in [1.29, 1.82) is 0 Å². The van der Waals surface area contributed by atoms with Crippen LogP contribution in [-0.4, -0.2) is 11.0 Å². The Kier molecular flexibility index (Phi) is 4.09. The fourth-order valence-electron chi connectivity index (χ4n) is 2.34. The number of anilines is 1. The van der Waals surface area contributed by atoms with Crippen LogP contribution in [-0.2, 0) is 0 Å². The molecule has 0 saturated heterocycles. The summed E-state index contributed by atoms with van der Waals surface area (Å²) in [6, 6.07) is 2.50. The molecule has 88 valence electrons. The maximum absolute atomic E-state index is 5.86. The van der Waals surface area contributed by atoms with Gasteiger partial charge in [0.05, 0.1) is 16.4 Å². The molecule has 1 heterocycles. The van der Waals surface area contributed by atoms with Gasteiger partial charge in [-0.15, -0.1) is 0 Å². The summed E-state index contributed by atoms with van der Waals surface area (Å²) in [5, 5.41) is 4.01. The third kappa shape index (κ3) is 2.89. The van der Waals surface area contributed by atoms with E-state index in [0.29, 0.717) is 11.2 Å².